The number of nitrogens with two attached hydrogens (primary N) is 1. The quantitative estimate of drug-likeness (QED) is 0.804. The van der Waals surface area contributed by atoms with Gasteiger partial charge in [-0.25, -0.2) is 0 Å². The van der Waals surface area contributed by atoms with Gasteiger partial charge >= 0.3 is 0 Å². The number of halogens is 1. The first-order valence-electron chi connectivity index (χ1n) is 6.40. The first kappa shape index (κ1) is 15.0. The SMILES string of the molecule is C[C@@H](N)c1ccc(N2CC(=O)NC(=O)C2(C)C)c(Br)c1. The Kier molecular flexibility index (Phi) is 3.88. The highest BCUT2D eigenvalue weighted by Gasteiger charge is 2.41. The Morgan fingerprint density at radius 1 is 1.40 bits per heavy atom. The molecule has 0 aromatic heterocycles. The summed E-state index contributed by atoms with van der Waals surface area (Å²) in [5, 5.41) is 2.36. The van der Waals surface area contributed by atoms with E-state index in [0.29, 0.717) is 0 Å². The van der Waals surface area contributed by atoms with Crippen LogP contribution >= 0.6 is 15.9 Å². The minimum Gasteiger partial charge on any atom is -0.347 e. The summed E-state index contributed by atoms with van der Waals surface area (Å²) >= 11 is 3.50. The lowest BCUT2D eigenvalue weighted by molar-refractivity contribution is -0.135. The van der Waals surface area contributed by atoms with E-state index in [2.05, 4.69) is 21.2 Å². The number of rotatable bonds is 2. The van der Waals surface area contributed by atoms with Gasteiger partial charge in [0.2, 0.25) is 5.91 Å². The molecule has 1 atom stereocenters. The van der Waals surface area contributed by atoms with Gasteiger partial charge in [-0.3, -0.25) is 14.9 Å². The van der Waals surface area contributed by atoms with Crippen molar-refractivity contribution >= 4 is 33.4 Å². The molecular formula is C14H18BrN3O2. The number of carbonyl (C=O) groups is 2. The normalized spacial score (nSPS) is 19.8. The van der Waals surface area contributed by atoms with E-state index in [4.69, 9.17) is 5.73 Å². The van der Waals surface area contributed by atoms with Crippen molar-refractivity contribution in [2.24, 2.45) is 5.73 Å². The minimum absolute atomic E-state index is 0.0698. The summed E-state index contributed by atoms with van der Waals surface area (Å²) in [6.07, 6.45) is 0. The molecule has 1 fully saturated rings. The molecule has 2 rings (SSSR count). The Balaban J connectivity index is 2.44. The van der Waals surface area contributed by atoms with Gasteiger partial charge in [0.15, 0.2) is 0 Å². The number of piperazine rings is 1. The maximum atomic E-state index is 12.0. The van der Waals surface area contributed by atoms with E-state index in [-0.39, 0.29) is 24.4 Å². The van der Waals surface area contributed by atoms with E-state index < -0.39 is 5.54 Å². The van der Waals surface area contributed by atoms with Gasteiger partial charge in [0, 0.05) is 10.5 Å². The third-order valence-electron chi connectivity index (χ3n) is 3.57. The summed E-state index contributed by atoms with van der Waals surface area (Å²) in [5.41, 5.74) is 6.87. The second-order valence-electron chi connectivity index (χ2n) is 5.52. The van der Waals surface area contributed by atoms with Crippen LogP contribution in [0.3, 0.4) is 0 Å². The van der Waals surface area contributed by atoms with Crippen LogP contribution in [0.2, 0.25) is 0 Å². The van der Waals surface area contributed by atoms with Crippen molar-refractivity contribution in [2.75, 3.05) is 11.4 Å². The molecule has 3 N–H and O–H groups in total. The van der Waals surface area contributed by atoms with Crippen molar-refractivity contribution in [2.45, 2.75) is 32.4 Å². The fourth-order valence-corrected chi connectivity index (χ4v) is 2.81. The van der Waals surface area contributed by atoms with E-state index in [0.717, 1.165) is 15.7 Å². The van der Waals surface area contributed by atoms with E-state index in [9.17, 15) is 9.59 Å². The predicted molar refractivity (Wildman–Crippen MR) is 81.3 cm³/mol. The minimum atomic E-state index is -0.785. The Morgan fingerprint density at radius 2 is 2.05 bits per heavy atom. The van der Waals surface area contributed by atoms with Crippen LogP contribution in [-0.4, -0.2) is 23.9 Å². The van der Waals surface area contributed by atoms with Gasteiger partial charge in [-0.15, -0.1) is 0 Å². The molecule has 1 aromatic rings. The number of hydrogen-bond donors (Lipinski definition) is 2. The zero-order valence-electron chi connectivity index (χ0n) is 11.7. The molecule has 108 valence electrons. The van der Waals surface area contributed by atoms with Crippen LogP contribution in [0.5, 0.6) is 0 Å². The van der Waals surface area contributed by atoms with Gasteiger partial charge in [-0.2, -0.15) is 0 Å². The lowest BCUT2D eigenvalue weighted by atomic mass is 9.97. The largest absolute Gasteiger partial charge is 0.347 e. The van der Waals surface area contributed by atoms with Crippen molar-refractivity contribution in [1.29, 1.82) is 0 Å². The van der Waals surface area contributed by atoms with Crippen LogP contribution in [-0.2, 0) is 9.59 Å². The maximum Gasteiger partial charge on any atom is 0.251 e. The summed E-state index contributed by atoms with van der Waals surface area (Å²) < 4.78 is 0.822. The van der Waals surface area contributed by atoms with Gasteiger partial charge in [0.25, 0.3) is 5.91 Å². The topological polar surface area (TPSA) is 75.4 Å². The molecule has 1 aromatic carbocycles. The van der Waals surface area contributed by atoms with Gasteiger partial charge in [0.1, 0.15) is 5.54 Å². The first-order chi connectivity index (χ1) is 9.23. The third kappa shape index (κ3) is 2.58. The zero-order chi connectivity index (χ0) is 15.1. The predicted octanol–water partition coefficient (Wildman–Crippen LogP) is 1.71. The summed E-state index contributed by atoms with van der Waals surface area (Å²) in [6.45, 7) is 5.64. The first-order valence-corrected chi connectivity index (χ1v) is 7.19. The smallest absolute Gasteiger partial charge is 0.251 e. The summed E-state index contributed by atoms with van der Waals surface area (Å²) in [5.74, 6) is -0.589. The standard InChI is InChI=1S/C14H18BrN3O2/c1-8(16)9-4-5-11(10(15)6-9)18-7-12(19)17-13(20)14(18,2)3/h4-6,8H,7,16H2,1-3H3,(H,17,19,20)/t8-/m1/s1. The Hall–Kier alpha value is -1.40. The highest BCUT2D eigenvalue weighted by molar-refractivity contribution is 9.10. The number of imide groups is 1. The molecule has 0 radical (unpaired) electrons. The van der Waals surface area contributed by atoms with Crippen molar-refractivity contribution in [1.82, 2.24) is 5.32 Å². The number of nitrogens with zero attached hydrogens (tertiary/aromatic N) is 1. The van der Waals surface area contributed by atoms with Gasteiger partial charge < -0.3 is 10.6 Å². The molecule has 0 unspecified atom stereocenters. The molecule has 1 aliphatic rings. The molecule has 20 heavy (non-hydrogen) atoms. The van der Waals surface area contributed by atoms with Crippen LogP contribution in [0.25, 0.3) is 0 Å². The van der Waals surface area contributed by atoms with E-state index in [1.807, 2.05) is 25.1 Å². The van der Waals surface area contributed by atoms with Crippen molar-refractivity contribution in [3.8, 4) is 0 Å². The van der Waals surface area contributed by atoms with Crippen LogP contribution in [0.1, 0.15) is 32.4 Å². The van der Waals surface area contributed by atoms with Gasteiger partial charge in [-0.1, -0.05) is 6.07 Å². The molecule has 0 spiro atoms. The van der Waals surface area contributed by atoms with Crippen molar-refractivity contribution in [3.05, 3.63) is 28.2 Å². The van der Waals surface area contributed by atoms with Crippen molar-refractivity contribution < 1.29 is 9.59 Å². The average Bonchev–Trinajstić information content (AvgIpc) is 2.34. The maximum absolute atomic E-state index is 12.0. The number of hydrogen-bond acceptors (Lipinski definition) is 4. The average molecular weight is 340 g/mol. The Labute approximate surface area is 126 Å². The van der Waals surface area contributed by atoms with E-state index in [1.165, 1.54) is 0 Å². The second kappa shape index (κ2) is 5.18. The monoisotopic (exact) mass is 339 g/mol. The van der Waals surface area contributed by atoms with Gasteiger partial charge in [0.05, 0.1) is 12.2 Å². The van der Waals surface area contributed by atoms with E-state index in [1.54, 1.807) is 18.7 Å². The number of carbonyl (C=O) groups excluding carboxylic acids is 2. The molecule has 6 heteroatoms. The zero-order valence-corrected chi connectivity index (χ0v) is 13.3. The second-order valence-corrected chi connectivity index (χ2v) is 6.38. The molecule has 1 aliphatic heterocycles. The Morgan fingerprint density at radius 3 is 2.60 bits per heavy atom. The number of nitrogens with one attached hydrogen (secondary N) is 1. The fraction of sp³-hybridized carbons (Fsp3) is 0.429. The third-order valence-corrected chi connectivity index (χ3v) is 4.21. The molecule has 5 nitrogen and oxygen atoms in total. The molecule has 1 heterocycles. The highest BCUT2D eigenvalue weighted by atomic mass is 79.9. The van der Waals surface area contributed by atoms with Crippen LogP contribution in [0.4, 0.5) is 5.69 Å². The highest BCUT2D eigenvalue weighted by Crippen LogP contribution is 2.34. The molecule has 2 amide bonds. The molecule has 0 bridgehead atoms. The molecule has 0 saturated carbocycles. The molecule has 0 aliphatic carbocycles. The molecular weight excluding hydrogens is 322 g/mol. The number of anilines is 1. The van der Waals surface area contributed by atoms with Crippen LogP contribution < -0.4 is 16.0 Å². The Bertz CT molecular complexity index is 570. The number of amides is 2. The van der Waals surface area contributed by atoms with Crippen molar-refractivity contribution in [3.63, 3.8) is 0 Å². The fourth-order valence-electron chi connectivity index (χ4n) is 2.19. The van der Waals surface area contributed by atoms with Gasteiger partial charge in [-0.05, 0) is 54.4 Å². The lowest BCUT2D eigenvalue weighted by Crippen LogP contribution is -2.64. The van der Waals surface area contributed by atoms with Crippen LogP contribution in [0, 0.1) is 0 Å². The summed E-state index contributed by atoms with van der Waals surface area (Å²) in [6, 6.07) is 5.65. The summed E-state index contributed by atoms with van der Waals surface area (Å²) in [7, 11) is 0. The number of benzene rings is 1. The molecule has 1 saturated heterocycles. The van der Waals surface area contributed by atoms with E-state index >= 15 is 0 Å². The lowest BCUT2D eigenvalue weighted by Gasteiger charge is -2.42. The van der Waals surface area contributed by atoms with Crippen LogP contribution in [0.15, 0.2) is 22.7 Å². The summed E-state index contributed by atoms with van der Waals surface area (Å²) in [4.78, 5) is 25.4.